The quantitative estimate of drug-likeness (QED) is 0.183. The van der Waals surface area contributed by atoms with Gasteiger partial charge in [0.25, 0.3) is 0 Å². The topological polar surface area (TPSA) is 153 Å². The van der Waals surface area contributed by atoms with E-state index in [0.29, 0.717) is 17.1 Å². The Morgan fingerprint density at radius 3 is 1.36 bits per heavy atom. The standard InChI is InChI=1S/C12H8N2O4.C11H8F3N2.C10H8N2.Ru/c15-11(16)7-1-3-13-9(5-7)10-6-8(12(17)18)2-4-14-10;1-7-6-8(11(12,13)14)10(16-7)9-4-2-3-5-15-9;1-3-7-11-9(5-1)10-6-2-4-8-12-10;/h1-6H,(H,15,16)(H,17,18);2-6H,1H3;1-8H;/q;-1;;+1. The molecule has 0 bridgehead atoms. The van der Waals surface area contributed by atoms with Crippen LogP contribution in [0.25, 0.3) is 34.2 Å². The molecular weight excluding hydrogens is 702 g/mol. The predicted octanol–water partition coefficient (Wildman–Crippen LogP) is 6.71. The summed E-state index contributed by atoms with van der Waals surface area (Å²) in [7, 11) is 0. The van der Waals surface area contributed by atoms with Gasteiger partial charge in [0, 0.05) is 42.2 Å². The fourth-order valence-corrected chi connectivity index (χ4v) is 3.90. The molecule has 14 heteroatoms. The number of rotatable bonds is 5. The van der Waals surface area contributed by atoms with Crippen LogP contribution in [0.2, 0.25) is 0 Å². The molecule has 1 radical (unpaired) electrons. The molecule has 0 aliphatic rings. The van der Waals surface area contributed by atoms with Crippen LogP contribution < -0.4 is 4.98 Å². The number of alkyl halides is 3. The Morgan fingerprint density at radius 1 is 0.596 bits per heavy atom. The van der Waals surface area contributed by atoms with Crippen molar-refractivity contribution in [2.24, 2.45) is 0 Å². The van der Waals surface area contributed by atoms with Crippen molar-refractivity contribution in [2.45, 2.75) is 13.1 Å². The summed E-state index contributed by atoms with van der Waals surface area (Å²) in [6, 6.07) is 22.8. The third-order valence-corrected chi connectivity index (χ3v) is 5.98. The maximum absolute atomic E-state index is 12.7. The number of nitrogens with zero attached hydrogens (tertiary/aromatic N) is 6. The van der Waals surface area contributed by atoms with Crippen molar-refractivity contribution in [2.75, 3.05) is 0 Å². The number of carbonyl (C=O) groups is 2. The van der Waals surface area contributed by atoms with E-state index >= 15 is 0 Å². The zero-order chi connectivity index (χ0) is 33.1. The van der Waals surface area contributed by atoms with Crippen molar-refractivity contribution in [3.8, 4) is 34.2 Å². The van der Waals surface area contributed by atoms with Crippen molar-refractivity contribution in [1.29, 1.82) is 0 Å². The minimum absolute atomic E-state index is 0. The Hall–Kier alpha value is -5.62. The number of aromatic carboxylic acids is 2. The molecule has 0 saturated heterocycles. The van der Waals surface area contributed by atoms with Crippen LogP contribution in [-0.4, -0.2) is 47.1 Å². The maximum atomic E-state index is 12.7. The summed E-state index contributed by atoms with van der Waals surface area (Å²) in [4.78, 5) is 45.7. The van der Waals surface area contributed by atoms with Crippen molar-refractivity contribution in [1.82, 2.24) is 29.9 Å². The number of hydrogen-bond donors (Lipinski definition) is 2. The number of carboxylic acid groups (broad SMARTS) is 2. The molecule has 0 amide bonds. The Labute approximate surface area is 279 Å². The molecule has 0 spiro atoms. The number of hydrogen-bond acceptors (Lipinski definition) is 7. The molecule has 10 nitrogen and oxygen atoms in total. The van der Waals surface area contributed by atoms with E-state index in [0.717, 1.165) is 17.5 Å². The second-order valence-electron chi connectivity index (χ2n) is 9.27. The summed E-state index contributed by atoms with van der Waals surface area (Å²) in [6.45, 7) is 1.53. The fourth-order valence-electron chi connectivity index (χ4n) is 3.90. The van der Waals surface area contributed by atoms with Gasteiger partial charge < -0.3 is 15.2 Å². The van der Waals surface area contributed by atoms with Gasteiger partial charge in [0.1, 0.15) is 0 Å². The van der Waals surface area contributed by atoms with Crippen molar-refractivity contribution in [3.63, 3.8) is 0 Å². The van der Waals surface area contributed by atoms with Gasteiger partial charge in [-0.3, -0.25) is 24.9 Å². The third-order valence-electron chi connectivity index (χ3n) is 5.98. The van der Waals surface area contributed by atoms with Crippen LogP contribution in [-0.2, 0) is 25.7 Å². The van der Waals surface area contributed by atoms with Crippen LogP contribution in [0.5, 0.6) is 0 Å². The van der Waals surface area contributed by atoms with E-state index in [1.807, 2.05) is 36.4 Å². The number of pyridine rings is 5. The van der Waals surface area contributed by atoms with E-state index in [9.17, 15) is 22.8 Å². The van der Waals surface area contributed by atoms with Crippen LogP contribution in [0.15, 0.2) is 116 Å². The summed E-state index contributed by atoms with van der Waals surface area (Å²) >= 11 is 0. The molecule has 6 rings (SSSR count). The molecule has 0 aliphatic carbocycles. The zero-order valence-corrected chi connectivity index (χ0v) is 26.1. The second kappa shape index (κ2) is 16.6. The van der Waals surface area contributed by atoms with Crippen LogP contribution in [0, 0.1) is 6.92 Å². The number of aromatic nitrogens is 6. The van der Waals surface area contributed by atoms with E-state index in [-0.39, 0.29) is 42.0 Å². The van der Waals surface area contributed by atoms with Crippen LogP contribution >= 0.6 is 0 Å². The molecule has 0 aliphatic heterocycles. The monoisotopic (exact) mass is 727 g/mol. The molecule has 0 saturated carbocycles. The van der Waals surface area contributed by atoms with Gasteiger partial charge >= 0.3 is 37.6 Å². The van der Waals surface area contributed by atoms with Gasteiger partial charge in [-0.25, -0.2) is 9.59 Å². The first-order valence-electron chi connectivity index (χ1n) is 13.4. The Kier molecular flexibility index (Phi) is 12.7. The summed E-state index contributed by atoms with van der Waals surface area (Å²) in [5.74, 6) is -2.15. The summed E-state index contributed by atoms with van der Waals surface area (Å²) in [5, 5.41) is 17.7. The van der Waals surface area contributed by atoms with E-state index in [4.69, 9.17) is 10.2 Å². The van der Waals surface area contributed by atoms with E-state index in [2.05, 4.69) is 29.9 Å². The number of aryl methyl sites for hydroxylation is 1. The molecule has 0 aromatic carbocycles. The number of halogens is 3. The zero-order valence-electron chi connectivity index (χ0n) is 24.4. The fraction of sp³-hybridized carbons (Fsp3) is 0.0606. The average Bonchev–Trinajstić information content (AvgIpc) is 3.49. The van der Waals surface area contributed by atoms with E-state index in [1.54, 1.807) is 24.5 Å². The SMILES string of the molecule is Cc1cc(C(F)(F)F)c(-c2ccccn2)[n-]1.O=C(O)c1ccnc(-c2cc(C(=O)O)ccn2)c1.[Ru+].c1ccc(-c2ccccn2)nc1. The minimum Gasteiger partial charge on any atom is -0.659 e. The number of carboxylic acids is 2. The van der Waals surface area contributed by atoms with Crippen molar-refractivity contribution < 1.29 is 52.5 Å². The molecule has 47 heavy (non-hydrogen) atoms. The molecule has 0 atom stereocenters. The minimum atomic E-state index is -4.39. The second-order valence-corrected chi connectivity index (χ2v) is 9.27. The molecule has 0 fully saturated rings. The van der Waals surface area contributed by atoms with Gasteiger partial charge in [-0.1, -0.05) is 36.9 Å². The third kappa shape index (κ3) is 10.2. The van der Waals surface area contributed by atoms with Crippen LogP contribution in [0.4, 0.5) is 13.2 Å². The summed E-state index contributed by atoms with van der Waals surface area (Å²) in [5.41, 5.74) is 2.35. The van der Waals surface area contributed by atoms with Crippen molar-refractivity contribution in [3.05, 3.63) is 138 Å². The van der Waals surface area contributed by atoms with E-state index in [1.165, 1.54) is 55.8 Å². The van der Waals surface area contributed by atoms with E-state index < -0.39 is 23.7 Å². The molecule has 6 aromatic rings. The van der Waals surface area contributed by atoms with Gasteiger partial charge in [0.15, 0.2) is 0 Å². The first-order chi connectivity index (χ1) is 22.0. The van der Waals surface area contributed by atoms with Gasteiger partial charge in [0.2, 0.25) is 0 Å². The normalized spacial score (nSPS) is 10.3. The van der Waals surface area contributed by atoms with Gasteiger partial charge in [0.05, 0.1) is 33.9 Å². The summed E-state index contributed by atoms with van der Waals surface area (Å²) < 4.78 is 38.0. The van der Waals surface area contributed by atoms with Gasteiger partial charge in [-0.05, 0) is 60.7 Å². The molecule has 6 aromatic heterocycles. The maximum Gasteiger partial charge on any atom is 1.00 e. The Balaban J connectivity index is 0.000000193. The molecular formula is C33H24F3N6O4Ru. The van der Waals surface area contributed by atoms with Gasteiger partial charge in [-0.2, -0.15) is 18.9 Å². The Morgan fingerprint density at radius 2 is 1.00 bits per heavy atom. The van der Waals surface area contributed by atoms with Crippen LogP contribution in [0.3, 0.4) is 0 Å². The first kappa shape index (κ1) is 35.9. The Bertz CT molecular complexity index is 1820. The molecule has 239 valence electrons. The van der Waals surface area contributed by atoms with Crippen LogP contribution in [0.1, 0.15) is 32.0 Å². The molecule has 0 unspecified atom stereocenters. The molecule has 6 heterocycles. The molecule has 2 N–H and O–H groups in total. The van der Waals surface area contributed by atoms with Crippen molar-refractivity contribution >= 4 is 11.9 Å². The predicted molar refractivity (Wildman–Crippen MR) is 162 cm³/mol. The summed E-state index contributed by atoms with van der Waals surface area (Å²) in [6.07, 6.45) is 3.27. The smallest absolute Gasteiger partial charge is 0.659 e. The van der Waals surface area contributed by atoms with Gasteiger partial charge in [-0.15, -0.1) is 0 Å². The largest absolute Gasteiger partial charge is 1.00 e. The first-order valence-corrected chi connectivity index (χ1v) is 13.4. The average molecular weight is 727 g/mol.